The molecule has 0 aliphatic heterocycles. The van der Waals surface area contributed by atoms with Crippen LogP contribution in [-0.4, -0.2) is 35.1 Å². The molecule has 1 aliphatic carbocycles. The van der Waals surface area contributed by atoms with Crippen LogP contribution in [0.1, 0.15) is 37.8 Å². The van der Waals surface area contributed by atoms with Crippen LogP contribution < -0.4 is 4.90 Å². The van der Waals surface area contributed by atoms with Crippen molar-refractivity contribution < 1.29 is 9.32 Å². The number of nitrogens with zero attached hydrogens (tertiary/aromatic N) is 3. The monoisotopic (exact) mass is 403 g/mol. The molecule has 3 aromatic rings. The zero-order chi connectivity index (χ0) is 20.9. The Morgan fingerprint density at radius 1 is 1.00 bits per heavy atom. The summed E-state index contributed by atoms with van der Waals surface area (Å²) >= 11 is 0. The van der Waals surface area contributed by atoms with Crippen molar-refractivity contribution in [3.05, 3.63) is 71.8 Å². The van der Waals surface area contributed by atoms with Crippen LogP contribution >= 0.6 is 0 Å². The molecule has 4 rings (SSSR count). The lowest BCUT2D eigenvalue weighted by Gasteiger charge is -2.25. The number of carbonyl (C=O) groups excluding carboxylic acids is 1. The highest BCUT2D eigenvalue weighted by atomic mass is 16.5. The van der Waals surface area contributed by atoms with E-state index in [2.05, 4.69) is 23.9 Å². The van der Waals surface area contributed by atoms with Crippen LogP contribution in [0.5, 0.6) is 0 Å². The number of hydrogen-bond donors (Lipinski definition) is 0. The average Bonchev–Trinajstić information content (AvgIpc) is 3.54. The molecule has 1 fully saturated rings. The van der Waals surface area contributed by atoms with Crippen molar-refractivity contribution in [1.82, 2.24) is 10.1 Å². The number of amides is 1. The van der Waals surface area contributed by atoms with E-state index in [1.165, 1.54) is 0 Å². The van der Waals surface area contributed by atoms with Gasteiger partial charge in [-0.1, -0.05) is 65.8 Å². The van der Waals surface area contributed by atoms with Crippen LogP contribution in [0.15, 0.2) is 65.2 Å². The van der Waals surface area contributed by atoms with Gasteiger partial charge in [-0.2, -0.15) is 0 Å². The summed E-state index contributed by atoms with van der Waals surface area (Å²) < 4.78 is 5.83. The van der Waals surface area contributed by atoms with E-state index < -0.39 is 0 Å². The molecule has 0 spiro atoms. The van der Waals surface area contributed by atoms with Gasteiger partial charge in [0.25, 0.3) is 0 Å². The second kappa shape index (κ2) is 9.16. The van der Waals surface area contributed by atoms with Crippen molar-refractivity contribution in [2.24, 2.45) is 0 Å². The number of hydrogen-bond acceptors (Lipinski definition) is 4. The smallest absolute Gasteiger partial charge is 0.232 e. The zero-order valence-corrected chi connectivity index (χ0v) is 17.8. The number of rotatable bonds is 9. The third-order valence-electron chi connectivity index (χ3n) is 5.70. The van der Waals surface area contributed by atoms with Crippen LogP contribution in [0.4, 0.5) is 5.88 Å². The highest BCUT2D eigenvalue weighted by molar-refractivity contribution is 5.80. The molecule has 5 nitrogen and oxygen atoms in total. The Morgan fingerprint density at radius 3 is 2.23 bits per heavy atom. The Bertz CT molecular complexity index is 961. The Hall–Kier alpha value is -3.08. The molecule has 2 aromatic carbocycles. The van der Waals surface area contributed by atoms with E-state index in [0.29, 0.717) is 19.0 Å². The van der Waals surface area contributed by atoms with Crippen LogP contribution in [-0.2, 0) is 17.8 Å². The van der Waals surface area contributed by atoms with Crippen LogP contribution in [0.3, 0.4) is 0 Å². The van der Waals surface area contributed by atoms with Gasteiger partial charge < -0.3 is 14.3 Å². The molecule has 0 N–H and O–H groups in total. The quantitative estimate of drug-likeness (QED) is 0.509. The van der Waals surface area contributed by atoms with Crippen molar-refractivity contribution in [2.45, 2.75) is 45.7 Å². The fraction of sp³-hybridized carbons (Fsp3) is 0.360. The second-order valence-electron chi connectivity index (χ2n) is 7.77. The van der Waals surface area contributed by atoms with Crippen molar-refractivity contribution in [3.8, 4) is 11.3 Å². The maximum atomic E-state index is 13.2. The summed E-state index contributed by atoms with van der Waals surface area (Å²) in [6.45, 7) is 6.40. The average molecular weight is 404 g/mol. The van der Waals surface area contributed by atoms with Crippen LogP contribution in [0.25, 0.3) is 11.3 Å². The van der Waals surface area contributed by atoms with Gasteiger partial charge in [-0.15, -0.1) is 0 Å². The molecule has 30 heavy (non-hydrogen) atoms. The topological polar surface area (TPSA) is 49.6 Å². The molecule has 0 unspecified atom stereocenters. The Balaban J connectivity index is 1.66. The molecular weight excluding hydrogens is 374 g/mol. The van der Waals surface area contributed by atoms with E-state index in [1.807, 2.05) is 65.6 Å². The minimum Gasteiger partial charge on any atom is -0.341 e. The molecule has 0 radical (unpaired) electrons. The van der Waals surface area contributed by atoms with E-state index in [4.69, 9.17) is 4.52 Å². The van der Waals surface area contributed by atoms with Crippen LogP contribution in [0, 0.1) is 0 Å². The van der Waals surface area contributed by atoms with Gasteiger partial charge in [0.2, 0.25) is 11.8 Å². The molecule has 156 valence electrons. The number of carbonyl (C=O) groups is 1. The summed E-state index contributed by atoms with van der Waals surface area (Å²) in [5.74, 6) is 0.937. The van der Waals surface area contributed by atoms with E-state index >= 15 is 0 Å². The Kier molecular flexibility index (Phi) is 6.17. The summed E-state index contributed by atoms with van der Waals surface area (Å²) in [7, 11) is 0. The molecule has 5 heteroatoms. The number of benzene rings is 2. The lowest BCUT2D eigenvalue weighted by atomic mass is 10.1. The van der Waals surface area contributed by atoms with Gasteiger partial charge in [0.05, 0.1) is 18.5 Å². The maximum absolute atomic E-state index is 13.2. The third kappa shape index (κ3) is 4.40. The summed E-state index contributed by atoms with van der Waals surface area (Å²) in [6.07, 6.45) is 2.55. The lowest BCUT2D eigenvalue weighted by Crippen LogP contribution is -2.34. The van der Waals surface area contributed by atoms with Gasteiger partial charge in [0, 0.05) is 24.7 Å². The molecule has 0 bridgehead atoms. The minimum absolute atomic E-state index is 0.161. The van der Waals surface area contributed by atoms with E-state index in [0.717, 1.165) is 54.2 Å². The highest BCUT2D eigenvalue weighted by Crippen LogP contribution is 2.36. The van der Waals surface area contributed by atoms with Crippen molar-refractivity contribution in [1.29, 1.82) is 0 Å². The van der Waals surface area contributed by atoms with E-state index in [-0.39, 0.29) is 5.91 Å². The SMILES string of the molecule is CCN(CC)c1onc(-c2ccccc2)c1CN(C(=O)Cc1ccccc1)C1CC1. The summed E-state index contributed by atoms with van der Waals surface area (Å²) in [5.41, 5.74) is 3.89. The largest absolute Gasteiger partial charge is 0.341 e. The van der Waals surface area contributed by atoms with Gasteiger partial charge in [-0.05, 0) is 32.3 Å². The van der Waals surface area contributed by atoms with Gasteiger partial charge in [-0.3, -0.25) is 4.79 Å². The molecule has 1 heterocycles. The second-order valence-corrected chi connectivity index (χ2v) is 7.77. The first kappa shape index (κ1) is 20.2. The molecule has 1 aliphatic rings. The minimum atomic E-state index is 0.161. The Morgan fingerprint density at radius 2 is 1.63 bits per heavy atom. The van der Waals surface area contributed by atoms with E-state index in [9.17, 15) is 4.79 Å². The summed E-state index contributed by atoms with van der Waals surface area (Å²) in [5, 5.41) is 4.42. The Labute approximate surface area is 178 Å². The normalized spacial score (nSPS) is 13.3. The molecule has 1 aromatic heterocycles. The van der Waals surface area contributed by atoms with Crippen molar-refractivity contribution >= 4 is 11.8 Å². The lowest BCUT2D eigenvalue weighted by molar-refractivity contribution is -0.131. The molecular formula is C25H29N3O2. The molecule has 1 saturated carbocycles. The standard InChI is InChI=1S/C25H29N3O2/c1-3-27(4-2)25-22(24(26-30-25)20-13-9-6-10-14-20)18-28(21-15-16-21)23(29)17-19-11-7-5-8-12-19/h5-14,21H,3-4,15-18H2,1-2H3. The van der Waals surface area contributed by atoms with Crippen molar-refractivity contribution in [3.63, 3.8) is 0 Å². The number of anilines is 1. The summed E-state index contributed by atoms with van der Waals surface area (Å²) in [4.78, 5) is 17.4. The van der Waals surface area contributed by atoms with Gasteiger partial charge in [0.1, 0.15) is 5.69 Å². The van der Waals surface area contributed by atoms with E-state index in [1.54, 1.807) is 0 Å². The predicted octanol–water partition coefficient (Wildman–Crippen LogP) is 4.92. The first-order chi connectivity index (χ1) is 14.7. The third-order valence-corrected chi connectivity index (χ3v) is 5.70. The fourth-order valence-electron chi connectivity index (χ4n) is 3.87. The van der Waals surface area contributed by atoms with Gasteiger partial charge in [-0.25, -0.2) is 0 Å². The van der Waals surface area contributed by atoms with Gasteiger partial charge >= 0.3 is 0 Å². The fourth-order valence-corrected chi connectivity index (χ4v) is 3.87. The molecule has 0 atom stereocenters. The predicted molar refractivity (Wildman–Crippen MR) is 119 cm³/mol. The van der Waals surface area contributed by atoms with Crippen LogP contribution in [0.2, 0.25) is 0 Å². The van der Waals surface area contributed by atoms with Crippen molar-refractivity contribution in [2.75, 3.05) is 18.0 Å². The first-order valence-corrected chi connectivity index (χ1v) is 10.8. The van der Waals surface area contributed by atoms with Gasteiger partial charge in [0.15, 0.2) is 0 Å². The number of aromatic nitrogens is 1. The summed E-state index contributed by atoms with van der Waals surface area (Å²) in [6, 6.07) is 20.4. The molecule has 0 saturated heterocycles. The highest BCUT2D eigenvalue weighted by Gasteiger charge is 2.35. The molecule has 1 amide bonds. The zero-order valence-electron chi connectivity index (χ0n) is 17.8. The first-order valence-electron chi connectivity index (χ1n) is 10.8. The maximum Gasteiger partial charge on any atom is 0.232 e.